The maximum atomic E-state index is 2.36. The van der Waals surface area contributed by atoms with Crippen LogP contribution in [0.25, 0.3) is 10.9 Å². The molecule has 1 heteroatoms. The van der Waals surface area contributed by atoms with Crippen LogP contribution < -0.4 is 0 Å². The molecule has 0 N–H and O–H groups in total. The van der Waals surface area contributed by atoms with Gasteiger partial charge in [-0.1, -0.05) is 32.9 Å². The largest absolute Gasteiger partial charge is 0.342 e. The van der Waals surface area contributed by atoms with Crippen molar-refractivity contribution in [1.82, 2.24) is 4.57 Å². The second-order valence-corrected chi connectivity index (χ2v) is 6.88. The quantitative estimate of drug-likeness (QED) is 0.617. The zero-order chi connectivity index (χ0) is 12.8. The van der Waals surface area contributed by atoms with Crippen LogP contribution in [-0.2, 0) is 11.0 Å². The topological polar surface area (TPSA) is 4.93 Å². The van der Waals surface area contributed by atoms with Gasteiger partial charge in [0.25, 0.3) is 0 Å². The predicted octanol–water partition coefficient (Wildman–Crippen LogP) is 4.69. The SMILES string of the molecule is CC(C)(C)c1ccc2ccn(C(C)(C)C)c2c1. The summed E-state index contributed by atoms with van der Waals surface area (Å²) in [5.41, 5.74) is 3.08. The Bertz CT molecular complexity index is 533. The first-order chi connectivity index (χ1) is 7.69. The van der Waals surface area contributed by atoms with Gasteiger partial charge in [-0.2, -0.15) is 0 Å². The van der Waals surface area contributed by atoms with E-state index in [1.54, 1.807) is 0 Å². The van der Waals surface area contributed by atoms with Crippen molar-refractivity contribution in [2.45, 2.75) is 52.5 Å². The van der Waals surface area contributed by atoms with Crippen LogP contribution in [0.2, 0.25) is 0 Å². The van der Waals surface area contributed by atoms with Gasteiger partial charge in [-0.25, -0.2) is 0 Å². The first-order valence-corrected chi connectivity index (χ1v) is 6.32. The molecule has 0 bridgehead atoms. The number of fused-ring (bicyclic) bond motifs is 1. The normalized spacial score (nSPS) is 13.3. The molecule has 1 heterocycles. The highest BCUT2D eigenvalue weighted by atomic mass is 15.0. The minimum Gasteiger partial charge on any atom is -0.342 e. The zero-order valence-corrected chi connectivity index (χ0v) is 11.8. The number of hydrogen-bond acceptors (Lipinski definition) is 0. The van der Waals surface area contributed by atoms with E-state index in [-0.39, 0.29) is 11.0 Å². The summed E-state index contributed by atoms with van der Waals surface area (Å²) in [7, 11) is 0. The summed E-state index contributed by atoms with van der Waals surface area (Å²) in [5.74, 6) is 0. The fourth-order valence-electron chi connectivity index (χ4n) is 2.18. The number of nitrogens with zero attached hydrogens (tertiary/aromatic N) is 1. The lowest BCUT2D eigenvalue weighted by molar-refractivity contribution is 0.410. The first kappa shape index (κ1) is 12.2. The van der Waals surface area contributed by atoms with E-state index in [4.69, 9.17) is 0 Å². The molecule has 92 valence electrons. The van der Waals surface area contributed by atoms with Crippen LogP contribution in [0.3, 0.4) is 0 Å². The van der Waals surface area contributed by atoms with Crippen LogP contribution in [0.15, 0.2) is 30.5 Å². The standard InChI is InChI=1S/C16H23N/c1-15(2,3)13-8-7-12-9-10-17(14(12)11-13)16(4,5)6/h7-11H,1-6H3. The molecule has 0 unspecified atom stereocenters. The molecule has 2 rings (SSSR count). The molecule has 1 aromatic carbocycles. The third-order valence-corrected chi connectivity index (χ3v) is 3.28. The molecule has 0 atom stereocenters. The van der Waals surface area contributed by atoms with E-state index >= 15 is 0 Å². The molecule has 0 radical (unpaired) electrons. The van der Waals surface area contributed by atoms with Crippen molar-refractivity contribution >= 4 is 10.9 Å². The summed E-state index contributed by atoms with van der Waals surface area (Å²) >= 11 is 0. The summed E-state index contributed by atoms with van der Waals surface area (Å²) in [4.78, 5) is 0. The van der Waals surface area contributed by atoms with Crippen molar-refractivity contribution in [3.8, 4) is 0 Å². The van der Waals surface area contributed by atoms with E-state index in [9.17, 15) is 0 Å². The lowest BCUT2D eigenvalue weighted by Crippen LogP contribution is -2.20. The van der Waals surface area contributed by atoms with E-state index in [0.29, 0.717) is 0 Å². The molecule has 0 amide bonds. The van der Waals surface area contributed by atoms with Crippen LogP contribution in [0, 0.1) is 0 Å². The molecule has 17 heavy (non-hydrogen) atoms. The molecule has 0 aliphatic heterocycles. The summed E-state index contributed by atoms with van der Waals surface area (Å²) in [6, 6.07) is 9.01. The fraction of sp³-hybridized carbons (Fsp3) is 0.500. The smallest absolute Gasteiger partial charge is 0.0488 e. The third kappa shape index (κ3) is 2.24. The highest BCUT2D eigenvalue weighted by Crippen LogP contribution is 2.29. The number of benzene rings is 1. The van der Waals surface area contributed by atoms with Gasteiger partial charge in [0.1, 0.15) is 0 Å². The first-order valence-electron chi connectivity index (χ1n) is 6.32. The van der Waals surface area contributed by atoms with Gasteiger partial charge in [-0.15, -0.1) is 0 Å². The number of hydrogen-bond donors (Lipinski definition) is 0. The van der Waals surface area contributed by atoms with Crippen LogP contribution in [0.5, 0.6) is 0 Å². The zero-order valence-electron chi connectivity index (χ0n) is 11.8. The van der Waals surface area contributed by atoms with Gasteiger partial charge in [0.2, 0.25) is 0 Å². The van der Waals surface area contributed by atoms with Crippen molar-refractivity contribution in [3.63, 3.8) is 0 Å². The van der Waals surface area contributed by atoms with Gasteiger partial charge in [-0.05, 0) is 49.3 Å². The molecule has 1 aromatic heterocycles. The summed E-state index contributed by atoms with van der Waals surface area (Å²) in [6.07, 6.45) is 2.19. The molecule has 0 saturated heterocycles. The number of rotatable bonds is 0. The van der Waals surface area contributed by atoms with E-state index in [1.807, 2.05) is 0 Å². The van der Waals surface area contributed by atoms with Gasteiger partial charge >= 0.3 is 0 Å². The van der Waals surface area contributed by atoms with Crippen molar-refractivity contribution in [3.05, 3.63) is 36.0 Å². The van der Waals surface area contributed by atoms with Gasteiger partial charge in [0.15, 0.2) is 0 Å². The molecule has 0 aliphatic rings. The lowest BCUT2D eigenvalue weighted by Gasteiger charge is -2.24. The van der Waals surface area contributed by atoms with E-state index in [1.165, 1.54) is 16.5 Å². The van der Waals surface area contributed by atoms with Gasteiger partial charge < -0.3 is 4.57 Å². The Morgan fingerprint density at radius 3 is 2.06 bits per heavy atom. The van der Waals surface area contributed by atoms with Gasteiger partial charge in [-0.3, -0.25) is 0 Å². The minimum absolute atomic E-state index is 0.137. The van der Waals surface area contributed by atoms with Crippen LogP contribution in [-0.4, -0.2) is 4.57 Å². The van der Waals surface area contributed by atoms with Crippen LogP contribution >= 0.6 is 0 Å². The second kappa shape index (κ2) is 3.63. The van der Waals surface area contributed by atoms with Crippen molar-refractivity contribution < 1.29 is 0 Å². The molecule has 0 saturated carbocycles. The average molecular weight is 229 g/mol. The van der Waals surface area contributed by atoms with Crippen molar-refractivity contribution in [1.29, 1.82) is 0 Å². The van der Waals surface area contributed by atoms with Crippen molar-refractivity contribution in [2.24, 2.45) is 0 Å². The van der Waals surface area contributed by atoms with E-state index in [2.05, 4.69) is 76.6 Å². The maximum absolute atomic E-state index is 2.36. The Hall–Kier alpha value is -1.24. The summed E-state index contributed by atoms with van der Waals surface area (Å²) in [6.45, 7) is 13.5. The van der Waals surface area contributed by atoms with Crippen molar-refractivity contribution in [2.75, 3.05) is 0 Å². The average Bonchev–Trinajstić information content (AvgIpc) is 2.57. The van der Waals surface area contributed by atoms with Gasteiger partial charge in [0, 0.05) is 17.3 Å². The minimum atomic E-state index is 0.137. The Balaban J connectivity index is 2.67. The lowest BCUT2D eigenvalue weighted by atomic mass is 9.86. The van der Waals surface area contributed by atoms with E-state index in [0.717, 1.165) is 0 Å². The maximum Gasteiger partial charge on any atom is 0.0488 e. The Labute approximate surface area is 104 Å². The third-order valence-electron chi connectivity index (χ3n) is 3.28. The molecule has 1 nitrogen and oxygen atoms in total. The highest BCUT2D eigenvalue weighted by molar-refractivity contribution is 5.81. The van der Waals surface area contributed by atoms with Crippen LogP contribution in [0.4, 0.5) is 0 Å². The molecule has 0 spiro atoms. The summed E-state index contributed by atoms with van der Waals surface area (Å²) in [5, 5.41) is 1.33. The fourth-order valence-corrected chi connectivity index (χ4v) is 2.18. The molecule has 0 fully saturated rings. The Kier molecular flexibility index (Phi) is 2.61. The van der Waals surface area contributed by atoms with E-state index < -0.39 is 0 Å². The second-order valence-electron chi connectivity index (χ2n) is 6.88. The Morgan fingerprint density at radius 2 is 1.53 bits per heavy atom. The summed E-state index contributed by atoms with van der Waals surface area (Å²) < 4.78 is 2.36. The molecule has 0 aliphatic carbocycles. The van der Waals surface area contributed by atoms with Crippen LogP contribution in [0.1, 0.15) is 47.1 Å². The molecular formula is C16H23N. The van der Waals surface area contributed by atoms with Gasteiger partial charge in [0.05, 0.1) is 0 Å². The predicted molar refractivity (Wildman–Crippen MR) is 75.6 cm³/mol. The monoisotopic (exact) mass is 229 g/mol. The highest BCUT2D eigenvalue weighted by Gasteiger charge is 2.18. The molecular weight excluding hydrogens is 206 g/mol. The molecule has 2 aromatic rings. The number of aromatic nitrogens is 1. The Morgan fingerprint density at radius 1 is 0.882 bits per heavy atom.